The van der Waals surface area contributed by atoms with Crippen molar-refractivity contribution in [3.63, 3.8) is 0 Å². The van der Waals surface area contributed by atoms with Crippen LogP contribution in [0.15, 0.2) is 76.4 Å². The molecule has 0 saturated heterocycles. The SMILES string of the molecule is Cc1ccc(-n2c(C(C)N(C)S(=O)(=O)c3ccc(C#N)cc3)nc3ccccc3c2=O)c(C)c1. The number of aryl methyl sites for hydroxylation is 2. The van der Waals surface area contributed by atoms with E-state index in [1.165, 1.54) is 40.2 Å². The molecule has 8 heteroatoms. The highest BCUT2D eigenvalue weighted by Crippen LogP contribution is 2.28. The molecule has 0 radical (unpaired) electrons. The molecule has 0 amide bonds. The highest BCUT2D eigenvalue weighted by atomic mass is 32.2. The maximum Gasteiger partial charge on any atom is 0.266 e. The first-order chi connectivity index (χ1) is 16.1. The Balaban J connectivity index is 1.92. The van der Waals surface area contributed by atoms with Gasteiger partial charge in [0.05, 0.1) is 39.2 Å². The Hall–Kier alpha value is -3.80. The van der Waals surface area contributed by atoms with Gasteiger partial charge >= 0.3 is 0 Å². The summed E-state index contributed by atoms with van der Waals surface area (Å²) in [5.74, 6) is 0.315. The molecule has 1 atom stereocenters. The van der Waals surface area contributed by atoms with Crippen molar-refractivity contribution >= 4 is 20.9 Å². The van der Waals surface area contributed by atoms with Crippen LogP contribution in [0, 0.1) is 25.2 Å². The number of hydrogen-bond acceptors (Lipinski definition) is 5. The fraction of sp³-hybridized carbons (Fsp3) is 0.192. The second kappa shape index (κ2) is 8.86. The molecule has 1 heterocycles. The first-order valence-corrected chi connectivity index (χ1v) is 12.2. The fourth-order valence-electron chi connectivity index (χ4n) is 3.96. The largest absolute Gasteiger partial charge is 0.268 e. The number of nitrogens with zero attached hydrogens (tertiary/aromatic N) is 4. The van der Waals surface area contributed by atoms with E-state index in [1.54, 1.807) is 31.2 Å². The molecule has 0 saturated carbocycles. The van der Waals surface area contributed by atoms with E-state index in [-0.39, 0.29) is 10.5 Å². The minimum absolute atomic E-state index is 0.0575. The molecule has 0 aliphatic rings. The average molecular weight is 473 g/mol. The van der Waals surface area contributed by atoms with Crippen LogP contribution < -0.4 is 5.56 Å². The smallest absolute Gasteiger partial charge is 0.266 e. The molecule has 4 aromatic rings. The maximum absolute atomic E-state index is 13.6. The normalized spacial score (nSPS) is 12.6. The van der Waals surface area contributed by atoms with Crippen LogP contribution in [0.5, 0.6) is 0 Å². The molecular weight excluding hydrogens is 448 g/mol. The van der Waals surface area contributed by atoms with E-state index in [1.807, 2.05) is 38.1 Å². The Morgan fingerprint density at radius 3 is 2.35 bits per heavy atom. The number of rotatable bonds is 5. The van der Waals surface area contributed by atoms with Gasteiger partial charge in [0.2, 0.25) is 10.0 Å². The predicted octanol–water partition coefficient (Wildman–Crippen LogP) is 4.26. The van der Waals surface area contributed by atoms with E-state index in [0.717, 1.165) is 11.1 Å². The minimum Gasteiger partial charge on any atom is -0.268 e. The molecule has 1 unspecified atom stereocenters. The summed E-state index contributed by atoms with van der Waals surface area (Å²) in [5.41, 5.74) is 3.20. The van der Waals surface area contributed by atoms with Crippen LogP contribution in [0.2, 0.25) is 0 Å². The number of benzene rings is 3. The highest BCUT2D eigenvalue weighted by molar-refractivity contribution is 7.89. The van der Waals surface area contributed by atoms with Gasteiger partial charge in [-0.3, -0.25) is 9.36 Å². The predicted molar refractivity (Wildman–Crippen MR) is 131 cm³/mol. The van der Waals surface area contributed by atoms with Crippen molar-refractivity contribution in [2.75, 3.05) is 7.05 Å². The molecule has 0 fully saturated rings. The van der Waals surface area contributed by atoms with E-state index in [2.05, 4.69) is 0 Å². The summed E-state index contributed by atoms with van der Waals surface area (Å²) >= 11 is 0. The number of nitriles is 1. The maximum atomic E-state index is 13.6. The van der Waals surface area contributed by atoms with E-state index in [4.69, 9.17) is 10.2 Å². The Labute approximate surface area is 198 Å². The quantitative estimate of drug-likeness (QED) is 0.433. The number of fused-ring (bicyclic) bond motifs is 1. The van der Waals surface area contributed by atoms with E-state index < -0.39 is 16.1 Å². The topological polar surface area (TPSA) is 96.1 Å². The molecule has 0 bridgehead atoms. The number of aromatic nitrogens is 2. The third kappa shape index (κ3) is 4.00. The molecule has 172 valence electrons. The zero-order chi connectivity index (χ0) is 24.6. The molecule has 3 aromatic carbocycles. The monoisotopic (exact) mass is 472 g/mol. The van der Waals surface area contributed by atoms with Crippen LogP contribution in [0.25, 0.3) is 16.6 Å². The van der Waals surface area contributed by atoms with Gasteiger partial charge in [-0.05, 0) is 68.8 Å². The first kappa shape index (κ1) is 23.4. The summed E-state index contributed by atoms with van der Waals surface area (Å²) in [4.78, 5) is 18.4. The molecular formula is C26H24N4O3S. The van der Waals surface area contributed by atoms with Crippen LogP contribution in [0.1, 0.15) is 35.5 Å². The number of para-hydroxylation sites is 1. The fourth-order valence-corrected chi connectivity index (χ4v) is 5.28. The minimum atomic E-state index is -3.92. The highest BCUT2D eigenvalue weighted by Gasteiger charge is 2.30. The van der Waals surface area contributed by atoms with Gasteiger partial charge in [0.15, 0.2) is 0 Å². The number of sulfonamides is 1. The lowest BCUT2D eigenvalue weighted by molar-refractivity contribution is 0.379. The summed E-state index contributed by atoms with van der Waals surface area (Å²) < 4.78 is 29.5. The van der Waals surface area contributed by atoms with Crippen molar-refractivity contribution in [3.8, 4) is 11.8 Å². The Kier molecular flexibility index (Phi) is 6.09. The zero-order valence-corrected chi connectivity index (χ0v) is 20.2. The Morgan fingerprint density at radius 2 is 1.71 bits per heavy atom. The summed E-state index contributed by atoms with van der Waals surface area (Å²) in [7, 11) is -2.46. The third-order valence-electron chi connectivity index (χ3n) is 5.97. The Morgan fingerprint density at radius 1 is 1.03 bits per heavy atom. The van der Waals surface area contributed by atoms with Gasteiger partial charge in [0.1, 0.15) is 5.82 Å². The number of hydrogen-bond donors (Lipinski definition) is 0. The van der Waals surface area contributed by atoms with Crippen LogP contribution >= 0.6 is 0 Å². The second-order valence-corrected chi connectivity index (χ2v) is 10.2. The van der Waals surface area contributed by atoms with Gasteiger partial charge in [-0.25, -0.2) is 13.4 Å². The van der Waals surface area contributed by atoms with Crippen molar-refractivity contribution < 1.29 is 8.42 Å². The van der Waals surface area contributed by atoms with Gasteiger partial charge in [-0.15, -0.1) is 0 Å². The summed E-state index contributed by atoms with van der Waals surface area (Å²) in [6.07, 6.45) is 0. The standard InChI is InChI=1S/C26H24N4O3S/c1-17-9-14-24(18(2)15-17)30-25(28-23-8-6-5-7-22(23)26(30)31)19(3)29(4)34(32,33)21-12-10-20(16-27)11-13-21/h5-15,19H,1-4H3. The lowest BCUT2D eigenvalue weighted by Crippen LogP contribution is -2.35. The van der Waals surface area contributed by atoms with Crippen molar-refractivity contribution in [2.45, 2.75) is 31.7 Å². The summed E-state index contributed by atoms with van der Waals surface area (Å²) in [6.45, 7) is 5.59. The van der Waals surface area contributed by atoms with Crippen LogP contribution in [-0.2, 0) is 10.0 Å². The molecule has 0 spiro atoms. The second-order valence-electron chi connectivity index (χ2n) is 8.25. The van der Waals surface area contributed by atoms with Crippen LogP contribution in [-0.4, -0.2) is 29.3 Å². The van der Waals surface area contributed by atoms with Gasteiger partial charge < -0.3 is 0 Å². The van der Waals surface area contributed by atoms with Gasteiger partial charge in [0.25, 0.3) is 5.56 Å². The Bertz CT molecular complexity index is 1600. The average Bonchev–Trinajstić information content (AvgIpc) is 2.83. The van der Waals surface area contributed by atoms with Crippen LogP contribution in [0.3, 0.4) is 0 Å². The van der Waals surface area contributed by atoms with Gasteiger partial charge in [-0.1, -0.05) is 29.8 Å². The summed E-state index contributed by atoms with van der Waals surface area (Å²) in [5, 5.41) is 9.47. The van der Waals surface area contributed by atoms with Crippen molar-refractivity contribution in [1.82, 2.24) is 13.9 Å². The lowest BCUT2D eigenvalue weighted by Gasteiger charge is -2.27. The molecule has 7 nitrogen and oxygen atoms in total. The molecule has 0 aliphatic heterocycles. The lowest BCUT2D eigenvalue weighted by atomic mass is 10.1. The van der Waals surface area contributed by atoms with E-state index >= 15 is 0 Å². The molecule has 4 rings (SSSR count). The van der Waals surface area contributed by atoms with Crippen molar-refractivity contribution in [3.05, 3.63) is 99.6 Å². The first-order valence-electron chi connectivity index (χ1n) is 10.7. The zero-order valence-electron chi connectivity index (χ0n) is 19.4. The molecule has 34 heavy (non-hydrogen) atoms. The van der Waals surface area contributed by atoms with Crippen LogP contribution in [0.4, 0.5) is 0 Å². The van der Waals surface area contributed by atoms with Gasteiger partial charge in [0, 0.05) is 7.05 Å². The molecule has 0 aliphatic carbocycles. The van der Waals surface area contributed by atoms with E-state index in [0.29, 0.717) is 28.0 Å². The van der Waals surface area contributed by atoms with E-state index in [9.17, 15) is 13.2 Å². The van der Waals surface area contributed by atoms with Gasteiger partial charge in [-0.2, -0.15) is 9.57 Å². The van der Waals surface area contributed by atoms with Crippen molar-refractivity contribution in [2.24, 2.45) is 0 Å². The third-order valence-corrected chi connectivity index (χ3v) is 7.92. The van der Waals surface area contributed by atoms with Crippen molar-refractivity contribution in [1.29, 1.82) is 5.26 Å². The molecule has 0 N–H and O–H groups in total. The summed E-state index contributed by atoms with van der Waals surface area (Å²) in [6, 6.07) is 19.7. The molecule has 1 aromatic heterocycles.